The van der Waals surface area contributed by atoms with E-state index in [1.54, 1.807) is 61.5 Å². The van der Waals surface area contributed by atoms with Crippen LogP contribution in [0, 0.1) is 11.3 Å². The minimum Gasteiger partial charge on any atom is -0.457 e. The van der Waals surface area contributed by atoms with Gasteiger partial charge in [0.2, 0.25) is 0 Å². The third-order valence-electron chi connectivity index (χ3n) is 4.77. The van der Waals surface area contributed by atoms with Crippen LogP contribution < -0.4 is 14.4 Å². The van der Waals surface area contributed by atoms with E-state index in [1.165, 1.54) is 0 Å². The Morgan fingerprint density at radius 3 is 2.25 bits per heavy atom. The number of rotatable bonds is 6. The molecule has 6 nitrogen and oxygen atoms in total. The fraction of sp³-hybridized carbons (Fsp3) is 0.190. The van der Waals surface area contributed by atoms with Crippen molar-refractivity contribution in [3.8, 4) is 17.6 Å². The Morgan fingerprint density at radius 2 is 1.71 bits per heavy atom. The lowest BCUT2D eigenvalue weighted by Crippen LogP contribution is -2.56. The summed E-state index contributed by atoms with van der Waals surface area (Å²) in [6, 6.07) is 15.8. The number of nitrogens with zero attached hydrogens (tertiary/aromatic N) is 2. The van der Waals surface area contributed by atoms with Crippen LogP contribution >= 0.6 is 0 Å². The molecule has 7 heteroatoms. The summed E-state index contributed by atoms with van der Waals surface area (Å²) < 4.78 is 31.6. The summed E-state index contributed by atoms with van der Waals surface area (Å²) in [5.74, 6) is 1.17. The van der Waals surface area contributed by atoms with Gasteiger partial charge in [0.1, 0.15) is 23.7 Å². The summed E-state index contributed by atoms with van der Waals surface area (Å²) in [5, 5.41) is 8.86. The number of allylic oxidation sites excluding steroid dienone is 2. The fourth-order valence-electron chi connectivity index (χ4n) is 3.27. The van der Waals surface area contributed by atoms with Gasteiger partial charge in [-0.2, -0.15) is 17.6 Å². The molecule has 0 bridgehead atoms. The summed E-state index contributed by atoms with van der Waals surface area (Å²) in [7, 11) is -3.51. The van der Waals surface area contributed by atoms with Crippen molar-refractivity contribution in [3.63, 3.8) is 0 Å². The Kier molecular flexibility index (Phi) is 5.66. The SMILES string of the molecule is CCS(=O)(=O)[N+]1(c2ccc(Oc3ccc(C#N)cc3)cc2)CC=CC=C1CN. The van der Waals surface area contributed by atoms with Crippen LogP contribution in [-0.4, -0.2) is 27.3 Å². The molecule has 0 amide bonds. The topological polar surface area (TPSA) is 93.2 Å². The van der Waals surface area contributed by atoms with Crippen LogP contribution in [0.3, 0.4) is 0 Å². The van der Waals surface area contributed by atoms with Crippen LogP contribution in [-0.2, 0) is 10.0 Å². The first-order chi connectivity index (χ1) is 13.5. The smallest absolute Gasteiger partial charge is 0.306 e. The molecule has 0 aromatic heterocycles. The summed E-state index contributed by atoms with van der Waals surface area (Å²) in [5.41, 5.74) is 7.70. The molecule has 0 saturated heterocycles. The van der Waals surface area contributed by atoms with E-state index in [9.17, 15) is 8.42 Å². The van der Waals surface area contributed by atoms with Crippen molar-refractivity contribution < 1.29 is 13.2 Å². The number of sulfonamides is 1. The summed E-state index contributed by atoms with van der Waals surface area (Å²) in [6.45, 7) is 2.09. The molecule has 2 aromatic carbocycles. The van der Waals surface area contributed by atoms with Gasteiger partial charge in [0, 0.05) is 12.1 Å². The first-order valence-corrected chi connectivity index (χ1v) is 10.5. The number of hydrogen-bond acceptors (Lipinski definition) is 5. The second kappa shape index (κ2) is 7.98. The van der Waals surface area contributed by atoms with Crippen molar-refractivity contribution >= 4 is 15.7 Å². The Morgan fingerprint density at radius 1 is 1.11 bits per heavy atom. The quantitative estimate of drug-likeness (QED) is 0.755. The molecule has 0 saturated carbocycles. The van der Waals surface area contributed by atoms with Gasteiger partial charge in [0.15, 0.2) is 5.69 Å². The Balaban J connectivity index is 1.96. The number of ether oxygens (including phenoxy) is 1. The highest BCUT2D eigenvalue weighted by Gasteiger charge is 2.46. The fourth-order valence-corrected chi connectivity index (χ4v) is 4.96. The van der Waals surface area contributed by atoms with Crippen molar-refractivity contribution in [2.45, 2.75) is 6.92 Å². The Labute approximate surface area is 165 Å². The average molecular weight is 396 g/mol. The second-order valence-electron chi connectivity index (χ2n) is 6.32. The van der Waals surface area contributed by atoms with Crippen LogP contribution in [0.25, 0.3) is 0 Å². The lowest BCUT2D eigenvalue weighted by Gasteiger charge is -2.37. The third kappa shape index (κ3) is 3.45. The zero-order valence-electron chi connectivity index (χ0n) is 15.6. The summed E-state index contributed by atoms with van der Waals surface area (Å²) >= 11 is 0. The average Bonchev–Trinajstić information content (AvgIpc) is 2.74. The van der Waals surface area contributed by atoms with E-state index in [2.05, 4.69) is 6.07 Å². The molecule has 1 heterocycles. The molecular weight excluding hydrogens is 374 g/mol. The van der Waals surface area contributed by atoms with Gasteiger partial charge in [0.25, 0.3) is 0 Å². The molecule has 2 N–H and O–H groups in total. The van der Waals surface area contributed by atoms with E-state index in [0.29, 0.717) is 35.0 Å². The predicted molar refractivity (Wildman–Crippen MR) is 110 cm³/mol. The summed E-state index contributed by atoms with van der Waals surface area (Å²) in [6.07, 6.45) is 5.46. The van der Waals surface area contributed by atoms with Gasteiger partial charge in [-0.1, -0.05) is 6.08 Å². The van der Waals surface area contributed by atoms with Gasteiger partial charge in [0.05, 0.1) is 23.9 Å². The maximum Gasteiger partial charge on any atom is 0.306 e. The molecule has 0 spiro atoms. The van der Waals surface area contributed by atoms with Crippen molar-refractivity contribution in [1.82, 2.24) is 3.89 Å². The van der Waals surface area contributed by atoms with E-state index in [-0.39, 0.29) is 16.2 Å². The van der Waals surface area contributed by atoms with E-state index < -0.39 is 10.0 Å². The summed E-state index contributed by atoms with van der Waals surface area (Å²) in [4.78, 5) is 0. The van der Waals surface area contributed by atoms with Gasteiger partial charge in [-0.3, -0.25) is 0 Å². The number of nitrogens with two attached hydrogens (primary N) is 1. The van der Waals surface area contributed by atoms with Crippen LogP contribution in [0.15, 0.2) is 72.5 Å². The van der Waals surface area contributed by atoms with Crippen molar-refractivity contribution in [1.29, 1.82) is 5.26 Å². The highest BCUT2D eigenvalue weighted by Crippen LogP contribution is 2.37. The molecule has 1 aliphatic heterocycles. The molecule has 3 rings (SSSR count). The number of quaternary nitrogens is 1. The van der Waals surface area contributed by atoms with E-state index in [1.807, 2.05) is 12.2 Å². The normalized spacial score (nSPS) is 19.0. The lowest BCUT2D eigenvalue weighted by atomic mass is 10.2. The first-order valence-electron chi connectivity index (χ1n) is 8.93. The van der Waals surface area contributed by atoms with Gasteiger partial charge in [-0.05, 0) is 55.5 Å². The van der Waals surface area contributed by atoms with Gasteiger partial charge in [-0.15, -0.1) is 0 Å². The molecule has 1 unspecified atom stereocenters. The number of benzene rings is 2. The Bertz CT molecular complexity index is 1050. The van der Waals surface area contributed by atoms with Crippen LogP contribution in [0.4, 0.5) is 5.69 Å². The molecule has 144 valence electrons. The number of nitriles is 1. The Hall–Kier alpha value is -2.92. The van der Waals surface area contributed by atoms with Gasteiger partial charge >= 0.3 is 10.0 Å². The van der Waals surface area contributed by atoms with E-state index >= 15 is 0 Å². The molecule has 28 heavy (non-hydrogen) atoms. The molecular formula is C21H22N3O3S+. The molecule has 0 radical (unpaired) electrons. The maximum atomic E-state index is 13.1. The van der Waals surface area contributed by atoms with Gasteiger partial charge in [-0.25, -0.2) is 0 Å². The van der Waals surface area contributed by atoms with Crippen molar-refractivity contribution in [2.75, 3.05) is 18.8 Å². The van der Waals surface area contributed by atoms with E-state index in [0.717, 1.165) is 0 Å². The molecule has 0 aliphatic carbocycles. The third-order valence-corrected chi connectivity index (χ3v) is 7.05. The minimum atomic E-state index is -3.51. The highest BCUT2D eigenvalue weighted by atomic mass is 32.2. The number of hydrogen-bond donors (Lipinski definition) is 1. The molecule has 1 atom stereocenters. The predicted octanol–water partition coefficient (Wildman–Crippen LogP) is 3.42. The largest absolute Gasteiger partial charge is 0.457 e. The van der Waals surface area contributed by atoms with Crippen molar-refractivity contribution in [2.24, 2.45) is 5.73 Å². The van der Waals surface area contributed by atoms with Crippen LogP contribution in [0.2, 0.25) is 0 Å². The zero-order valence-corrected chi connectivity index (χ0v) is 16.4. The first kappa shape index (κ1) is 19.8. The lowest BCUT2D eigenvalue weighted by molar-refractivity contribution is 0.476. The standard InChI is InChI=1S/C21H22N3O3S/c1-2-28(25,26)24(14-4-3-5-19(24)16-23)18-8-12-21(13-9-18)27-20-10-6-17(15-22)7-11-20/h3-13H,2,14,16,23H2,1H3/q+1. The van der Waals surface area contributed by atoms with E-state index in [4.69, 9.17) is 15.7 Å². The van der Waals surface area contributed by atoms with Crippen molar-refractivity contribution in [3.05, 3.63) is 78.0 Å². The van der Waals surface area contributed by atoms with Crippen LogP contribution in [0.1, 0.15) is 12.5 Å². The molecule has 1 aliphatic rings. The molecule has 0 fully saturated rings. The maximum absolute atomic E-state index is 13.1. The zero-order chi connectivity index (χ0) is 20.2. The molecule has 2 aromatic rings. The van der Waals surface area contributed by atoms with Gasteiger partial charge < -0.3 is 10.5 Å². The minimum absolute atomic E-state index is 0.00166. The monoisotopic (exact) mass is 396 g/mol. The second-order valence-corrected chi connectivity index (χ2v) is 8.68. The van der Waals surface area contributed by atoms with Crippen LogP contribution in [0.5, 0.6) is 11.5 Å². The highest BCUT2D eigenvalue weighted by molar-refractivity contribution is 7.91.